The molecule has 1 nitrogen and oxygen atoms in total. The van der Waals surface area contributed by atoms with E-state index in [9.17, 15) is 0 Å². The van der Waals surface area contributed by atoms with Gasteiger partial charge in [0.25, 0.3) is 0 Å². The zero-order valence-electron chi connectivity index (χ0n) is 9.16. The van der Waals surface area contributed by atoms with Crippen molar-refractivity contribution < 1.29 is 0 Å². The maximum Gasteiger partial charge on any atom is 0.0578 e. The van der Waals surface area contributed by atoms with Crippen LogP contribution in [0.25, 0.3) is 0 Å². The number of rotatable bonds is 2. The molecule has 3 heteroatoms. The third kappa shape index (κ3) is 2.45. The molecule has 2 rings (SSSR count). The molecule has 0 fully saturated rings. The van der Waals surface area contributed by atoms with Crippen LogP contribution in [0.1, 0.15) is 18.5 Å². The highest BCUT2D eigenvalue weighted by molar-refractivity contribution is 9.10. The maximum atomic E-state index is 5.31. The summed E-state index contributed by atoms with van der Waals surface area (Å²) < 4.78 is 1.13. The highest BCUT2D eigenvalue weighted by Gasteiger charge is 2.26. The van der Waals surface area contributed by atoms with Gasteiger partial charge in [-0.2, -0.15) is 0 Å². The maximum absolute atomic E-state index is 5.31. The molecule has 0 aliphatic carbocycles. The molecule has 0 amide bonds. The predicted octanol–water partition coefficient (Wildman–Crippen LogP) is 3.45. The average Bonchev–Trinajstić information content (AvgIpc) is 2.28. The van der Waals surface area contributed by atoms with Crippen LogP contribution in [-0.2, 0) is 0 Å². The number of terminal acetylenes is 1. The van der Waals surface area contributed by atoms with Crippen molar-refractivity contribution in [2.45, 2.75) is 17.9 Å². The number of hydrogen-bond acceptors (Lipinski definition) is 2. The quantitative estimate of drug-likeness (QED) is 0.839. The Bertz CT molecular complexity index is 424. The van der Waals surface area contributed by atoms with Crippen LogP contribution in [0.5, 0.6) is 0 Å². The molecule has 2 atom stereocenters. The molecule has 1 aromatic rings. The third-order valence-electron chi connectivity index (χ3n) is 2.80. The van der Waals surface area contributed by atoms with Gasteiger partial charge in [0.2, 0.25) is 0 Å². The first-order valence-electron chi connectivity index (χ1n) is 5.31. The van der Waals surface area contributed by atoms with Crippen LogP contribution in [0.4, 0.5) is 0 Å². The van der Waals surface area contributed by atoms with Gasteiger partial charge in [-0.25, -0.2) is 0 Å². The molecule has 0 bridgehead atoms. The normalized spacial score (nSPS) is 23.6. The van der Waals surface area contributed by atoms with Crippen molar-refractivity contribution in [2.75, 3.05) is 12.3 Å². The topological polar surface area (TPSA) is 12.0 Å². The number of thioether (sulfide) groups is 1. The highest BCUT2D eigenvalue weighted by Crippen LogP contribution is 2.40. The van der Waals surface area contributed by atoms with Crippen LogP contribution in [0.3, 0.4) is 0 Å². The first-order chi connectivity index (χ1) is 7.72. The molecule has 2 unspecified atom stereocenters. The SMILES string of the molecule is C#CCNC1c2cc(Br)ccc2SCC1C. The fraction of sp³-hybridized carbons (Fsp3) is 0.385. The number of fused-ring (bicyclic) bond motifs is 1. The van der Waals surface area contributed by atoms with E-state index in [2.05, 4.69) is 52.3 Å². The first-order valence-corrected chi connectivity index (χ1v) is 7.09. The van der Waals surface area contributed by atoms with Gasteiger partial charge >= 0.3 is 0 Å². The lowest BCUT2D eigenvalue weighted by Gasteiger charge is -2.31. The number of nitrogens with one attached hydrogen (secondary N) is 1. The second kappa shape index (κ2) is 5.27. The van der Waals surface area contributed by atoms with E-state index in [4.69, 9.17) is 6.42 Å². The molecular formula is C13H14BrNS. The summed E-state index contributed by atoms with van der Waals surface area (Å²) in [4.78, 5) is 1.37. The largest absolute Gasteiger partial charge is 0.299 e. The Morgan fingerprint density at radius 1 is 1.62 bits per heavy atom. The minimum Gasteiger partial charge on any atom is -0.299 e. The lowest BCUT2D eigenvalue weighted by molar-refractivity contribution is 0.425. The summed E-state index contributed by atoms with van der Waals surface area (Å²) in [6.45, 7) is 2.90. The van der Waals surface area contributed by atoms with Crippen LogP contribution in [0.2, 0.25) is 0 Å². The van der Waals surface area contributed by atoms with Crippen molar-refractivity contribution in [1.29, 1.82) is 0 Å². The van der Waals surface area contributed by atoms with Gasteiger partial charge in [-0.3, -0.25) is 5.32 Å². The Morgan fingerprint density at radius 2 is 2.44 bits per heavy atom. The fourth-order valence-electron chi connectivity index (χ4n) is 2.00. The summed E-state index contributed by atoms with van der Waals surface area (Å²) in [5.41, 5.74) is 1.37. The van der Waals surface area contributed by atoms with E-state index in [1.807, 2.05) is 11.8 Å². The number of halogens is 1. The monoisotopic (exact) mass is 295 g/mol. The second-order valence-electron chi connectivity index (χ2n) is 4.03. The van der Waals surface area contributed by atoms with Crippen molar-refractivity contribution in [3.63, 3.8) is 0 Å². The lowest BCUT2D eigenvalue weighted by atomic mass is 9.95. The molecule has 0 saturated heterocycles. The Morgan fingerprint density at radius 3 is 3.19 bits per heavy atom. The minimum absolute atomic E-state index is 0.379. The van der Waals surface area contributed by atoms with Gasteiger partial charge in [0.1, 0.15) is 0 Å². The van der Waals surface area contributed by atoms with Crippen molar-refractivity contribution >= 4 is 27.7 Å². The zero-order valence-corrected chi connectivity index (χ0v) is 11.6. The Balaban J connectivity index is 2.31. The van der Waals surface area contributed by atoms with E-state index in [-0.39, 0.29) is 0 Å². The molecule has 1 aromatic carbocycles. The van der Waals surface area contributed by atoms with Crippen LogP contribution < -0.4 is 5.32 Å². The second-order valence-corrected chi connectivity index (χ2v) is 6.01. The van der Waals surface area contributed by atoms with Crippen molar-refractivity contribution in [3.05, 3.63) is 28.2 Å². The molecule has 0 radical (unpaired) electrons. The van der Waals surface area contributed by atoms with Gasteiger partial charge in [0, 0.05) is 21.2 Å². The van der Waals surface area contributed by atoms with Crippen molar-refractivity contribution in [1.82, 2.24) is 5.32 Å². The van der Waals surface area contributed by atoms with Gasteiger partial charge in [-0.15, -0.1) is 18.2 Å². The molecule has 1 aliphatic rings. The van der Waals surface area contributed by atoms with Crippen molar-refractivity contribution in [2.24, 2.45) is 5.92 Å². The van der Waals surface area contributed by atoms with Gasteiger partial charge < -0.3 is 0 Å². The highest BCUT2D eigenvalue weighted by atomic mass is 79.9. The van der Waals surface area contributed by atoms with Gasteiger partial charge in [-0.1, -0.05) is 28.8 Å². The molecule has 0 aromatic heterocycles. The number of hydrogen-bond donors (Lipinski definition) is 1. The van der Waals surface area contributed by atoms with Crippen molar-refractivity contribution in [3.8, 4) is 12.3 Å². The Kier molecular flexibility index (Phi) is 3.96. The van der Waals surface area contributed by atoms with E-state index in [0.717, 1.165) is 10.2 Å². The molecule has 0 spiro atoms. The van der Waals surface area contributed by atoms with Crippen LogP contribution >= 0.6 is 27.7 Å². The summed E-state index contributed by atoms with van der Waals surface area (Å²) in [6.07, 6.45) is 5.31. The summed E-state index contributed by atoms with van der Waals surface area (Å²) >= 11 is 5.46. The fourth-order valence-corrected chi connectivity index (χ4v) is 3.53. The van der Waals surface area contributed by atoms with E-state index in [0.29, 0.717) is 18.5 Å². The smallest absolute Gasteiger partial charge is 0.0578 e. The predicted molar refractivity (Wildman–Crippen MR) is 73.6 cm³/mol. The molecule has 1 N–H and O–H groups in total. The summed E-state index contributed by atoms with van der Waals surface area (Å²) in [5, 5.41) is 3.43. The summed E-state index contributed by atoms with van der Waals surface area (Å²) in [5.74, 6) is 4.41. The first kappa shape index (κ1) is 12.0. The molecule has 0 saturated carbocycles. The average molecular weight is 296 g/mol. The molecular weight excluding hydrogens is 282 g/mol. The Hall–Kier alpha value is -0.430. The zero-order chi connectivity index (χ0) is 11.5. The van der Waals surface area contributed by atoms with Crippen LogP contribution in [-0.4, -0.2) is 12.3 Å². The molecule has 16 heavy (non-hydrogen) atoms. The van der Waals surface area contributed by atoms with E-state index < -0.39 is 0 Å². The van der Waals surface area contributed by atoms with E-state index in [1.54, 1.807) is 0 Å². The number of benzene rings is 1. The van der Waals surface area contributed by atoms with E-state index in [1.165, 1.54) is 10.5 Å². The molecule has 84 valence electrons. The molecule has 1 aliphatic heterocycles. The third-order valence-corrected chi connectivity index (χ3v) is 4.67. The summed E-state index contributed by atoms with van der Waals surface area (Å²) in [6, 6.07) is 6.86. The van der Waals surface area contributed by atoms with Gasteiger partial charge in [0.15, 0.2) is 0 Å². The van der Waals surface area contributed by atoms with Gasteiger partial charge in [-0.05, 0) is 29.7 Å². The Labute approximate surface area is 110 Å². The van der Waals surface area contributed by atoms with Crippen LogP contribution in [0.15, 0.2) is 27.6 Å². The lowest BCUT2D eigenvalue weighted by Crippen LogP contribution is -2.31. The summed E-state index contributed by atoms with van der Waals surface area (Å²) in [7, 11) is 0. The van der Waals surface area contributed by atoms with Gasteiger partial charge in [0.05, 0.1) is 6.54 Å². The van der Waals surface area contributed by atoms with E-state index >= 15 is 0 Å². The minimum atomic E-state index is 0.379. The van der Waals surface area contributed by atoms with Crippen LogP contribution in [0, 0.1) is 18.3 Å². The standard InChI is InChI=1S/C13H14BrNS/c1-3-6-15-13-9(2)8-16-12-5-4-10(14)7-11(12)13/h1,4-5,7,9,13,15H,6,8H2,2H3. The molecule has 1 heterocycles.